The summed E-state index contributed by atoms with van der Waals surface area (Å²) in [5.74, 6) is 0. The molecule has 0 heteroatoms. The van der Waals surface area contributed by atoms with E-state index in [0.29, 0.717) is 0 Å². The summed E-state index contributed by atoms with van der Waals surface area (Å²) in [6.45, 7) is 2.35. The van der Waals surface area contributed by atoms with E-state index in [9.17, 15) is 0 Å². The first-order valence-electron chi connectivity index (χ1n) is 19.3. The van der Waals surface area contributed by atoms with Gasteiger partial charge in [-0.25, -0.2) is 0 Å². The van der Waals surface area contributed by atoms with E-state index in [1.807, 2.05) is 0 Å². The van der Waals surface area contributed by atoms with Gasteiger partial charge in [-0.3, -0.25) is 0 Å². The molecule has 0 radical (unpaired) electrons. The molecule has 254 valence electrons. The van der Waals surface area contributed by atoms with Gasteiger partial charge in [-0.2, -0.15) is 0 Å². The van der Waals surface area contributed by atoms with Crippen molar-refractivity contribution in [3.05, 3.63) is 194 Å². The Bertz CT molecular complexity index is 3150. The Kier molecular flexibility index (Phi) is 6.36. The van der Waals surface area contributed by atoms with Gasteiger partial charge in [-0.1, -0.05) is 188 Å². The molecule has 10 aromatic carbocycles. The summed E-state index contributed by atoms with van der Waals surface area (Å²) in [4.78, 5) is 0. The van der Waals surface area contributed by atoms with Gasteiger partial charge in [0.25, 0.3) is 0 Å². The van der Waals surface area contributed by atoms with Gasteiger partial charge in [0, 0.05) is 0 Å². The molecule has 0 unspecified atom stereocenters. The van der Waals surface area contributed by atoms with Gasteiger partial charge in [0.05, 0.1) is 0 Å². The normalized spacial score (nSPS) is 12.1. The first kappa shape index (κ1) is 30.4. The summed E-state index contributed by atoms with van der Waals surface area (Å²) in [6.07, 6.45) is 0. The van der Waals surface area contributed by atoms with Gasteiger partial charge >= 0.3 is 0 Å². The zero-order chi connectivity index (χ0) is 36.2. The van der Waals surface area contributed by atoms with E-state index in [2.05, 4.69) is 195 Å². The summed E-state index contributed by atoms with van der Waals surface area (Å²) < 4.78 is 0. The minimum absolute atomic E-state index is 1.25. The van der Waals surface area contributed by atoms with Gasteiger partial charge in [-0.15, -0.1) is 0 Å². The molecule has 2 aliphatic rings. The van der Waals surface area contributed by atoms with E-state index < -0.39 is 0 Å². The number of benzene rings is 10. The molecule has 0 aliphatic heterocycles. The second-order valence-corrected chi connectivity index (χ2v) is 15.1. The van der Waals surface area contributed by atoms with Crippen molar-refractivity contribution in [2.24, 2.45) is 0 Å². The van der Waals surface area contributed by atoms with Gasteiger partial charge in [0.15, 0.2) is 0 Å². The van der Waals surface area contributed by atoms with Crippen LogP contribution in [-0.4, -0.2) is 0 Å². The number of hydrogen-bond acceptors (Lipinski definition) is 0. The highest BCUT2D eigenvalue weighted by molar-refractivity contribution is 6.35. The van der Waals surface area contributed by atoms with Crippen molar-refractivity contribution < 1.29 is 0 Å². The SMILES string of the molecule is Cc1cc2c3c(ccc4c3c1-c1c-4c(-c3ccccc3)c3ccccc3c1-c1ccccc1)-c1c-2c(-c2ccccc2)c2ccccc2c1-c1ccccc1. The van der Waals surface area contributed by atoms with Crippen molar-refractivity contribution in [2.45, 2.75) is 6.92 Å². The average molecular weight is 695 g/mol. The average Bonchev–Trinajstić information content (AvgIpc) is 3.76. The monoisotopic (exact) mass is 694 g/mol. The van der Waals surface area contributed by atoms with E-state index in [-0.39, 0.29) is 0 Å². The van der Waals surface area contributed by atoms with Gasteiger partial charge in [0.1, 0.15) is 0 Å². The molecule has 10 aromatic rings. The van der Waals surface area contributed by atoms with Crippen LogP contribution in [0.15, 0.2) is 188 Å². The lowest BCUT2D eigenvalue weighted by atomic mass is 9.81. The van der Waals surface area contributed by atoms with Crippen LogP contribution in [0.25, 0.3) is 121 Å². The lowest BCUT2D eigenvalue weighted by Gasteiger charge is -2.22. The number of aryl methyl sites for hydroxylation is 1. The van der Waals surface area contributed by atoms with Gasteiger partial charge in [0.2, 0.25) is 0 Å². The van der Waals surface area contributed by atoms with E-state index >= 15 is 0 Å². The molecule has 0 N–H and O–H groups in total. The van der Waals surface area contributed by atoms with Crippen molar-refractivity contribution in [3.8, 4) is 89.0 Å². The lowest BCUT2D eigenvalue weighted by molar-refractivity contribution is 1.51. The maximum Gasteiger partial charge on any atom is -0.000474 e. The molecule has 0 spiro atoms. The van der Waals surface area contributed by atoms with Crippen molar-refractivity contribution in [2.75, 3.05) is 0 Å². The Morgan fingerprint density at radius 2 is 0.545 bits per heavy atom. The van der Waals surface area contributed by atoms with E-state index in [4.69, 9.17) is 0 Å². The molecule has 0 saturated heterocycles. The smallest absolute Gasteiger partial charge is 0.000474 e. The standard InChI is InChI=1S/C55H34/c1-33-32-44-50-42(52-46(34-18-6-2-7-19-34)38-26-14-15-27-39(38)48(54(44)52)36-22-10-4-11-23-36)30-31-43-51(50)45(33)55-49(37-24-12-5-13-25-37)41-29-17-16-28-40(41)47(53(43)55)35-20-8-3-9-21-35/h2-32H,1H3. The van der Waals surface area contributed by atoms with Crippen LogP contribution in [0.5, 0.6) is 0 Å². The number of fused-ring (bicyclic) bond motifs is 8. The molecule has 0 saturated carbocycles. The van der Waals surface area contributed by atoms with Crippen molar-refractivity contribution >= 4 is 32.3 Å². The Morgan fingerprint density at radius 1 is 0.236 bits per heavy atom. The first-order valence-corrected chi connectivity index (χ1v) is 19.3. The minimum Gasteiger partial charge on any atom is -0.0622 e. The zero-order valence-corrected chi connectivity index (χ0v) is 30.4. The summed E-state index contributed by atoms with van der Waals surface area (Å²) in [6, 6.07) is 69.8. The first-order chi connectivity index (χ1) is 27.3. The molecule has 12 rings (SSSR count). The fraction of sp³-hybridized carbons (Fsp3) is 0.0182. The van der Waals surface area contributed by atoms with Crippen LogP contribution < -0.4 is 0 Å². The maximum atomic E-state index is 2.52. The summed E-state index contributed by atoms with van der Waals surface area (Å²) in [5, 5.41) is 7.91. The van der Waals surface area contributed by atoms with Crippen molar-refractivity contribution in [1.82, 2.24) is 0 Å². The topological polar surface area (TPSA) is 0 Å². The predicted molar refractivity (Wildman–Crippen MR) is 234 cm³/mol. The van der Waals surface area contributed by atoms with E-state index in [0.717, 1.165) is 0 Å². The Hall–Kier alpha value is -7.02. The number of hydrogen-bond donors (Lipinski definition) is 0. The molecular weight excluding hydrogens is 661 g/mol. The molecule has 0 nitrogen and oxygen atoms in total. The summed E-state index contributed by atoms with van der Waals surface area (Å²) in [7, 11) is 0. The molecule has 0 heterocycles. The second kappa shape index (κ2) is 11.5. The number of rotatable bonds is 4. The molecular formula is C55H34. The van der Waals surface area contributed by atoms with Crippen LogP contribution in [-0.2, 0) is 0 Å². The van der Waals surface area contributed by atoms with Crippen LogP contribution >= 0.6 is 0 Å². The second-order valence-electron chi connectivity index (χ2n) is 15.1. The minimum atomic E-state index is 1.25. The Labute approximate surface area is 320 Å². The highest BCUT2D eigenvalue weighted by Crippen LogP contribution is 2.65. The molecule has 0 aromatic heterocycles. The van der Waals surface area contributed by atoms with Gasteiger partial charge in [-0.05, 0) is 134 Å². The highest BCUT2D eigenvalue weighted by Gasteiger charge is 2.37. The molecule has 0 bridgehead atoms. The lowest BCUT2D eigenvalue weighted by Crippen LogP contribution is -1.95. The largest absolute Gasteiger partial charge is 0.0622 e. The van der Waals surface area contributed by atoms with Crippen LogP contribution in [0, 0.1) is 6.92 Å². The summed E-state index contributed by atoms with van der Waals surface area (Å²) in [5.41, 5.74) is 22.3. The molecule has 55 heavy (non-hydrogen) atoms. The maximum absolute atomic E-state index is 2.52. The molecule has 0 fully saturated rings. The van der Waals surface area contributed by atoms with Crippen LogP contribution in [0.4, 0.5) is 0 Å². The fourth-order valence-electron chi connectivity index (χ4n) is 10.2. The van der Waals surface area contributed by atoms with E-state index in [1.54, 1.807) is 0 Å². The zero-order valence-electron chi connectivity index (χ0n) is 30.4. The summed E-state index contributed by atoms with van der Waals surface area (Å²) >= 11 is 0. The third kappa shape index (κ3) is 4.12. The fourth-order valence-corrected chi connectivity index (χ4v) is 10.2. The third-order valence-corrected chi connectivity index (χ3v) is 12.2. The predicted octanol–water partition coefficient (Wildman–Crippen LogP) is 15.4. The van der Waals surface area contributed by atoms with Crippen molar-refractivity contribution in [1.29, 1.82) is 0 Å². The quantitative estimate of drug-likeness (QED) is 0.172. The Balaban J connectivity index is 1.30. The van der Waals surface area contributed by atoms with Gasteiger partial charge < -0.3 is 0 Å². The molecule has 0 amide bonds. The van der Waals surface area contributed by atoms with Crippen LogP contribution in [0.1, 0.15) is 5.56 Å². The van der Waals surface area contributed by atoms with Crippen molar-refractivity contribution in [3.63, 3.8) is 0 Å². The van der Waals surface area contributed by atoms with Crippen LogP contribution in [0.2, 0.25) is 0 Å². The third-order valence-electron chi connectivity index (χ3n) is 12.2. The Morgan fingerprint density at radius 3 is 0.945 bits per heavy atom. The molecule has 2 aliphatic carbocycles. The van der Waals surface area contributed by atoms with E-state index in [1.165, 1.54) is 127 Å². The van der Waals surface area contributed by atoms with Crippen LogP contribution in [0.3, 0.4) is 0 Å². The highest BCUT2D eigenvalue weighted by atomic mass is 14.4. The molecule has 0 atom stereocenters.